The van der Waals surface area contributed by atoms with Crippen LogP contribution in [0.4, 0.5) is 0 Å². The third-order valence-electron chi connectivity index (χ3n) is 2.85. The summed E-state index contributed by atoms with van der Waals surface area (Å²) in [5.41, 5.74) is 1.33. The lowest BCUT2D eigenvalue weighted by molar-refractivity contribution is -0.142. The van der Waals surface area contributed by atoms with Crippen molar-refractivity contribution in [2.45, 2.75) is 32.6 Å². The van der Waals surface area contributed by atoms with Crippen molar-refractivity contribution in [3.63, 3.8) is 0 Å². The second kappa shape index (κ2) is 5.91. The second-order valence-electron chi connectivity index (χ2n) is 4.60. The minimum absolute atomic E-state index is 0.177. The topological polar surface area (TPSA) is 46.5 Å². The Labute approximate surface area is 91.1 Å². The molecule has 0 spiro atoms. The lowest BCUT2D eigenvalue weighted by Gasteiger charge is -2.28. The van der Waals surface area contributed by atoms with Crippen LogP contribution in [0.1, 0.15) is 32.6 Å². The van der Waals surface area contributed by atoms with Gasteiger partial charge in [0.15, 0.2) is 0 Å². The fraction of sp³-hybridized carbons (Fsp3) is 0.750. The van der Waals surface area contributed by atoms with Crippen LogP contribution < -0.4 is 0 Å². The molecule has 15 heavy (non-hydrogen) atoms. The maximum Gasteiger partial charge on any atom is 0.329 e. The first-order valence-electron chi connectivity index (χ1n) is 5.54. The lowest BCUT2D eigenvalue weighted by atomic mass is 9.79. The summed E-state index contributed by atoms with van der Waals surface area (Å²) in [7, 11) is 0. The Morgan fingerprint density at radius 2 is 2.33 bits per heavy atom. The first-order chi connectivity index (χ1) is 7.08. The third kappa shape index (κ3) is 4.98. The highest BCUT2D eigenvalue weighted by Crippen LogP contribution is 2.33. The van der Waals surface area contributed by atoms with Gasteiger partial charge in [-0.25, -0.2) is 4.79 Å². The number of rotatable bonds is 5. The first kappa shape index (κ1) is 12.2. The van der Waals surface area contributed by atoms with E-state index in [1.165, 1.54) is 12.0 Å². The number of carbonyl (C=O) groups is 1. The maximum absolute atomic E-state index is 10.2. The number of aliphatic carboxylic acids is 1. The lowest BCUT2D eigenvalue weighted by Crippen LogP contribution is -2.17. The van der Waals surface area contributed by atoms with Crippen LogP contribution in [-0.4, -0.2) is 24.3 Å². The highest BCUT2D eigenvalue weighted by atomic mass is 16.5. The normalized spacial score (nSPS) is 26.6. The molecule has 86 valence electrons. The molecular weight excluding hydrogens is 192 g/mol. The summed E-state index contributed by atoms with van der Waals surface area (Å²) >= 11 is 0. The molecule has 0 aromatic carbocycles. The monoisotopic (exact) mass is 212 g/mol. The third-order valence-corrected chi connectivity index (χ3v) is 2.85. The minimum atomic E-state index is -0.892. The Kier molecular flexibility index (Phi) is 4.82. The van der Waals surface area contributed by atoms with E-state index in [4.69, 9.17) is 9.84 Å². The van der Waals surface area contributed by atoms with Crippen molar-refractivity contribution < 1.29 is 14.6 Å². The molecule has 0 bridgehead atoms. The van der Waals surface area contributed by atoms with Crippen LogP contribution in [0.15, 0.2) is 12.2 Å². The molecule has 1 aliphatic carbocycles. The number of carboxylic acids is 1. The smallest absolute Gasteiger partial charge is 0.329 e. The van der Waals surface area contributed by atoms with Crippen molar-refractivity contribution >= 4 is 5.97 Å². The molecule has 1 fully saturated rings. The van der Waals surface area contributed by atoms with E-state index in [1.54, 1.807) is 0 Å². The van der Waals surface area contributed by atoms with Crippen molar-refractivity contribution in [1.82, 2.24) is 0 Å². The summed E-state index contributed by atoms with van der Waals surface area (Å²) in [6, 6.07) is 0. The highest BCUT2D eigenvalue weighted by molar-refractivity contribution is 5.67. The van der Waals surface area contributed by atoms with E-state index in [-0.39, 0.29) is 6.61 Å². The Balaban J connectivity index is 2.15. The van der Waals surface area contributed by atoms with Crippen LogP contribution in [0.25, 0.3) is 0 Å². The molecule has 0 aliphatic heterocycles. The predicted molar refractivity (Wildman–Crippen MR) is 58.7 cm³/mol. The van der Waals surface area contributed by atoms with Gasteiger partial charge in [-0.3, -0.25) is 0 Å². The van der Waals surface area contributed by atoms with Crippen LogP contribution in [0.3, 0.4) is 0 Å². The molecule has 0 heterocycles. The van der Waals surface area contributed by atoms with E-state index in [0.717, 1.165) is 25.2 Å². The van der Waals surface area contributed by atoms with Gasteiger partial charge in [-0.2, -0.15) is 0 Å². The van der Waals surface area contributed by atoms with Gasteiger partial charge < -0.3 is 9.84 Å². The fourth-order valence-corrected chi connectivity index (χ4v) is 2.35. The van der Waals surface area contributed by atoms with Gasteiger partial charge in [-0.15, -0.1) is 0 Å². The van der Waals surface area contributed by atoms with Gasteiger partial charge in [-0.1, -0.05) is 19.1 Å². The number of allylic oxidation sites excluding steroid dienone is 1. The van der Waals surface area contributed by atoms with E-state index in [0.29, 0.717) is 12.5 Å². The summed E-state index contributed by atoms with van der Waals surface area (Å²) < 4.78 is 5.04. The molecule has 1 saturated carbocycles. The zero-order valence-electron chi connectivity index (χ0n) is 9.37. The summed E-state index contributed by atoms with van der Waals surface area (Å²) in [5, 5.41) is 8.40. The molecule has 3 heteroatoms. The molecule has 2 atom stereocenters. The molecule has 0 radical (unpaired) electrons. The minimum Gasteiger partial charge on any atom is -0.480 e. The molecule has 0 aromatic heterocycles. The van der Waals surface area contributed by atoms with Gasteiger partial charge >= 0.3 is 5.97 Å². The van der Waals surface area contributed by atoms with Crippen LogP contribution in [0.5, 0.6) is 0 Å². The van der Waals surface area contributed by atoms with Gasteiger partial charge in [0, 0.05) is 6.61 Å². The molecule has 0 amide bonds. The highest BCUT2D eigenvalue weighted by Gasteiger charge is 2.20. The summed E-state index contributed by atoms with van der Waals surface area (Å²) in [5.74, 6) is 0.460. The molecule has 1 N–H and O–H groups in total. The largest absolute Gasteiger partial charge is 0.480 e. The molecule has 1 aliphatic rings. The number of ether oxygens (including phenoxy) is 1. The Morgan fingerprint density at radius 1 is 1.60 bits per heavy atom. The van der Waals surface area contributed by atoms with Crippen molar-refractivity contribution in [3.8, 4) is 0 Å². The molecule has 3 nitrogen and oxygen atoms in total. The number of hydrogen-bond acceptors (Lipinski definition) is 2. The van der Waals surface area contributed by atoms with E-state index in [9.17, 15) is 4.79 Å². The zero-order valence-corrected chi connectivity index (χ0v) is 9.37. The first-order valence-corrected chi connectivity index (χ1v) is 5.54. The maximum atomic E-state index is 10.2. The van der Waals surface area contributed by atoms with Crippen molar-refractivity contribution in [2.24, 2.45) is 11.8 Å². The van der Waals surface area contributed by atoms with Crippen molar-refractivity contribution in [1.29, 1.82) is 0 Å². The van der Waals surface area contributed by atoms with E-state index >= 15 is 0 Å². The summed E-state index contributed by atoms with van der Waals surface area (Å²) in [6.45, 7) is 6.66. The van der Waals surface area contributed by atoms with E-state index in [1.807, 2.05) is 0 Å². The average Bonchev–Trinajstić information content (AvgIpc) is 2.10. The standard InChI is InChI=1S/C12H20O3/c1-9-5-10(2)7-11(6-9)3-4-15-8-12(13)14/h10-11H,1,3-8H2,2H3,(H,13,14). The van der Waals surface area contributed by atoms with Crippen molar-refractivity contribution in [3.05, 3.63) is 12.2 Å². The molecule has 0 aromatic rings. The van der Waals surface area contributed by atoms with Crippen LogP contribution in [-0.2, 0) is 9.53 Å². The Bertz CT molecular complexity index is 235. The Morgan fingerprint density at radius 3 is 2.93 bits per heavy atom. The van der Waals surface area contributed by atoms with E-state index in [2.05, 4.69) is 13.5 Å². The second-order valence-corrected chi connectivity index (χ2v) is 4.60. The van der Waals surface area contributed by atoms with Gasteiger partial charge in [-0.05, 0) is 37.5 Å². The molecule has 0 saturated heterocycles. The van der Waals surface area contributed by atoms with Crippen molar-refractivity contribution in [2.75, 3.05) is 13.2 Å². The van der Waals surface area contributed by atoms with Crippen LogP contribution >= 0.6 is 0 Å². The van der Waals surface area contributed by atoms with Crippen LogP contribution in [0, 0.1) is 11.8 Å². The van der Waals surface area contributed by atoms with Crippen LogP contribution in [0.2, 0.25) is 0 Å². The Hall–Kier alpha value is -0.830. The summed E-state index contributed by atoms with van der Waals surface area (Å²) in [4.78, 5) is 10.2. The van der Waals surface area contributed by atoms with E-state index < -0.39 is 5.97 Å². The SMILES string of the molecule is C=C1CC(C)CC(CCOCC(=O)O)C1. The van der Waals surface area contributed by atoms with Gasteiger partial charge in [0.2, 0.25) is 0 Å². The average molecular weight is 212 g/mol. The summed E-state index contributed by atoms with van der Waals surface area (Å²) in [6.07, 6.45) is 4.40. The molecule has 2 unspecified atom stereocenters. The number of hydrogen-bond donors (Lipinski definition) is 1. The molecular formula is C12H20O3. The van der Waals surface area contributed by atoms with Gasteiger partial charge in [0.25, 0.3) is 0 Å². The quantitative estimate of drug-likeness (QED) is 0.562. The predicted octanol–water partition coefficient (Wildman–Crippen LogP) is 2.47. The fourth-order valence-electron chi connectivity index (χ4n) is 2.35. The zero-order chi connectivity index (χ0) is 11.3. The van der Waals surface area contributed by atoms with Gasteiger partial charge in [0.1, 0.15) is 6.61 Å². The number of carboxylic acid groups (broad SMARTS) is 1. The molecule has 1 rings (SSSR count). The van der Waals surface area contributed by atoms with Gasteiger partial charge in [0.05, 0.1) is 0 Å².